The van der Waals surface area contributed by atoms with Crippen molar-refractivity contribution in [2.45, 2.75) is 12.5 Å². The minimum atomic E-state index is -3.68. The molecule has 0 aromatic rings. The molecule has 1 atom stereocenters. The van der Waals surface area contributed by atoms with Crippen molar-refractivity contribution < 1.29 is 16.8 Å². The number of alkyl halides is 1. The van der Waals surface area contributed by atoms with Gasteiger partial charge in [-0.05, 0) is 6.42 Å². The Morgan fingerprint density at radius 1 is 1.60 bits per heavy atom. The molecule has 0 aromatic heterocycles. The molecule has 1 aliphatic heterocycles. The highest BCUT2D eigenvalue weighted by Crippen LogP contribution is 2.15. The van der Waals surface area contributed by atoms with Gasteiger partial charge >= 0.3 is 10.4 Å². The zero-order valence-electron chi connectivity index (χ0n) is 5.12. The fourth-order valence-corrected chi connectivity index (χ4v) is 1.74. The molecule has 1 aliphatic rings. The Bertz CT molecular complexity index is 199. The SMILES string of the molecule is O=S1(=O)OCC(CCCl)O1. The molecular weight excluding hydrogens is 180 g/mol. The first-order valence-electron chi connectivity index (χ1n) is 2.77. The topological polar surface area (TPSA) is 52.6 Å². The third-order valence-electron chi connectivity index (χ3n) is 1.08. The van der Waals surface area contributed by atoms with Crippen LogP contribution in [0.15, 0.2) is 0 Å². The van der Waals surface area contributed by atoms with Crippen LogP contribution < -0.4 is 0 Å². The second-order valence-electron chi connectivity index (χ2n) is 1.89. The van der Waals surface area contributed by atoms with Gasteiger partial charge in [-0.2, -0.15) is 8.42 Å². The molecule has 1 unspecified atom stereocenters. The lowest BCUT2D eigenvalue weighted by molar-refractivity contribution is 0.232. The lowest BCUT2D eigenvalue weighted by atomic mass is 10.3. The van der Waals surface area contributed by atoms with Gasteiger partial charge in [0.15, 0.2) is 0 Å². The fourth-order valence-electron chi connectivity index (χ4n) is 0.635. The van der Waals surface area contributed by atoms with Gasteiger partial charge in [0.25, 0.3) is 0 Å². The average Bonchev–Trinajstić information content (AvgIpc) is 2.12. The van der Waals surface area contributed by atoms with E-state index in [-0.39, 0.29) is 12.7 Å². The summed E-state index contributed by atoms with van der Waals surface area (Å²) in [4.78, 5) is 0. The first-order valence-corrected chi connectivity index (χ1v) is 4.64. The van der Waals surface area contributed by atoms with Crippen molar-refractivity contribution in [3.8, 4) is 0 Å². The maximum atomic E-state index is 10.4. The number of hydrogen-bond donors (Lipinski definition) is 0. The van der Waals surface area contributed by atoms with Crippen LogP contribution in [0.5, 0.6) is 0 Å². The molecule has 4 nitrogen and oxygen atoms in total. The highest BCUT2D eigenvalue weighted by molar-refractivity contribution is 7.82. The molecule has 1 fully saturated rings. The molecule has 1 rings (SSSR count). The van der Waals surface area contributed by atoms with Crippen LogP contribution in [0.25, 0.3) is 0 Å². The number of halogens is 1. The standard InChI is InChI=1S/C4H7ClO4S/c5-2-1-4-3-8-10(6,7)9-4/h4H,1-3H2. The average molecular weight is 187 g/mol. The predicted molar refractivity (Wildman–Crippen MR) is 35.1 cm³/mol. The largest absolute Gasteiger partial charge is 0.400 e. The summed E-state index contributed by atoms with van der Waals surface area (Å²) in [7, 11) is -3.68. The molecule has 0 amide bonds. The Hall–Kier alpha value is 0.160. The van der Waals surface area contributed by atoms with E-state index in [1.54, 1.807) is 0 Å². The highest BCUT2D eigenvalue weighted by Gasteiger charge is 2.28. The zero-order chi connectivity index (χ0) is 7.61. The van der Waals surface area contributed by atoms with E-state index in [1.807, 2.05) is 0 Å². The Labute approximate surface area is 64.4 Å². The fraction of sp³-hybridized carbons (Fsp3) is 1.00. The van der Waals surface area contributed by atoms with E-state index in [0.717, 1.165) is 0 Å². The van der Waals surface area contributed by atoms with Gasteiger partial charge in [-0.25, -0.2) is 8.37 Å². The normalized spacial score (nSPS) is 30.7. The molecule has 60 valence electrons. The lowest BCUT2D eigenvalue weighted by Gasteiger charge is -1.98. The lowest BCUT2D eigenvalue weighted by Crippen LogP contribution is -2.10. The highest BCUT2D eigenvalue weighted by atomic mass is 35.5. The summed E-state index contributed by atoms with van der Waals surface area (Å²) < 4.78 is 29.6. The van der Waals surface area contributed by atoms with Crippen molar-refractivity contribution in [1.82, 2.24) is 0 Å². The van der Waals surface area contributed by atoms with Crippen LogP contribution in [0.4, 0.5) is 0 Å². The van der Waals surface area contributed by atoms with E-state index in [4.69, 9.17) is 11.6 Å². The van der Waals surface area contributed by atoms with Gasteiger partial charge < -0.3 is 0 Å². The van der Waals surface area contributed by atoms with Crippen molar-refractivity contribution in [2.75, 3.05) is 12.5 Å². The summed E-state index contributed by atoms with van der Waals surface area (Å²) in [6, 6.07) is 0. The summed E-state index contributed by atoms with van der Waals surface area (Å²) in [5, 5.41) is 0. The molecule has 0 N–H and O–H groups in total. The Morgan fingerprint density at radius 2 is 2.30 bits per heavy atom. The third kappa shape index (κ3) is 2.09. The van der Waals surface area contributed by atoms with Gasteiger partial charge in [-0.3, -0.25) is 0 Å². The van der Waals surface area contributed by atoms with Crippen molar-refractivity contribution in [3.05, 3.63) is 0 Å². The molecule has 0 aromatic carbocycles. The van der Waals surface area contributed by atoms with Crippen LogP contribution >= 0.6 is 11.6 Å². The van der Waals surface area contributed by atoms with Crippen molar-refractivity contribution in [3.63, 3.8) is 0 Å². The van der Waals surface area contributed by atoms with E-state index < -0.39 is 10.4 Å². The van der Waals surface area contributed by atoms with Crippen molar-refractivity contribution in [1.29, 1.82) is 0 Å². The first-order chi connectivity index (χ1) is 4.64. The second kappa shape index (κ2) is 3.04. The second-order valence-corrected chi connectivity index (χ2v) is 3.51. The molecule has 1 heterocycles. The van der Waals surface area contributed by atoms with Crippen LogP contribution in [0.2, 0.25) is 0 Å². The van der Waals surface area contributed by atoms with Crippen LogP contribution in [0, 0.1) is 0 Å². The Morgan fingerprint density at radius 3 is 2.70 bits per heavy atom. The van der Waals surface area contributed by atoms with Gasteiger partial charge in [0.2, 0.25) is 0 Å². The smallest absolute Gasteiger partial charge is 0.245 e. The van der Waals surface area contributed by atoms with Gasteiger partial charge in [-0.15, -0.1) is 11.6 Å². The maximum absolute atomic E-state index is 10.4. The van der Waals surface area contributed by atoms with E-state index in [1.165, 1.54) is 0 Å². The summed E-state index contributed by atoms with van der Waals surface area (Å²) in [6.45, 7) is 0.0923. The molecular formula is C4H7ClO4S. The molecule has 6 heteroatoms. The van der Waals surface area contributed by atoms with Crippen molar-refractivity contribution in [2.24, 2.45) is 0 Å². The van der Waals surface area contributed by atoms with Gasteiger partial charge in [-0.1, -0.05) is 0 Å². The molecule has 10 heavy (non-hydrogen) atoms. The summed E-state index contributed by atoms with van der Waals surface area (Å²) >= 11 is 5.34. The van der Waals surface area contributed by atoms with Gasteiger partial charge in [0, 0.05) is 5.88 Å². The molecule has 0 aliphatic carbocycles. The van der Waals surface area contributed by atoms with E-state index in [0.29, 0.717) is 12.3 Å². The van der Waals surface area contributed by atoms with Crippen LogP contribution in [0.1, 0.15) is 6.42 Å². The zero-order valence-corrected chi connectivity index (χ0v) is 6.69. The van der Waals surface area contributed by atoms with E-state index in [9.17, 15) is 8.42 Å². The first kappa shape index (κ1) is 8.26. The van der Waals surface area contributed by atoms with Crippen LogP contribution in [-0.2, 0) is 18.8 Å². The number of rotatable bonds is 2. The predicted octanol–water partition coefficient (Wildman–Crippen LogP) is 0.276. The number of hydrogen-bond acceptors (Lipinski definition) is 4. The van der Waals surface area contributed by atoms with E-state index >= 15 is 0 Å². The molecule has 0 spiro atoms. The minimum Gasteiger partial charge on any atom is -0.245 e. The Kier molecular flexibility index (Phi) is 2.51. The maximum Gasteiger partial charge on any atom is 0.400 e. The summed E-state index contributed by atoms with van der Waals surface area (Å²) in [6.07, 6.45) is 0.114. The molecule has 0 saturated carbocycles. The summed E-state index contributed by atoms with van der Waals surface area (Å²) in [5.41, 5.74) is 0. The quantitative estimate of drug-likeness (QED) is 0.582. The molecule has 1 saturated heterocycles. The van der Waals surface area contributed by atoms with Crippen LogP contribution in [-0.4, -0.2) is 27.0 Å². The van der Waals surface area contributed by atoms with Crippen LogP contribution in [0.3, 0.4) is 0 Å². The van der Waals surface area contributed by atoms with Gasteiger partial charge in [0.1, 0.15) is 6.10 Å². The minimum absolute atomic E-state index is 0.0923. The van der Waals surface area contributed by atoms with Gasteiger partial charge in [0.05, 0.1) is 6.61 Å². The molecule has 0 radical (unpaired) electrons. The van der Waals surface area contributed by atoms with Crippen molar-refractivity contribution >= 4 is 22.0 Å². The molecule has 0 bridgehead atoms. The monoisotopic (exact) mass is 186 g/mol. The summed E-state index contributed by atoms with van der Waals surface area (Å²) in [5.74, 6) is 0.379. The Balaban J connectivity index is 2.44. The van der Waals surface area contributed by atoms with E-state index in [2.05, 4.69) is 8.37 Å². The third-order valence-corrected chi connectivity index (χ3v) is 2.23.